The molecule has 2 aromatic rings. The number of phenols is 1. The second-order valence-corrected chi connectivity index (χ2v) is 6.50. The van der Waals surface area contributed by atoms with Crippen LogP contribution in [0.4, 0.5) is 0 Å². The van der Waals surface area contributed by atoms with Gasteiger partial charge in [-0.2, -0.15) is 0 Å². The molecular weight excluding hydrogens is 232 g/mol. The SMILES string of the molecule is CCCC(c1ccc2cc(O)ccc2c1)C(C)(C)C. The number of aromatic hydroxyl groups is 1. The van der Waals surface area contributed by atoms with E-state index in [0.717, 1.165) is 5.39 Å². The van der Waals surface area contributed by atoms with Crippen LogP contribution >= 0.6 is 0 Å². The first-order valence-electron chi connectivity index (χ1n) is 7.14. The molecule has 1 atom stereocenters. The van der Waals surface area contributed by atoms with Gasteiger partial charge >= 0.3 is 0 Å². The van der Waals surface area contributed by atoms with E-state index >= 15 is 0 Å². The Morgan fingerprint density at radius 1 is 1.00 bits per heavy atom. The van der Waals surface area contributed by atoms with Gasteiger partial charge in [0.2, 0.25) is 0 Å². The summed E-state index contributed by atoms with van der Waals surface area (Å²) in [5.41, 5.74) is 1.69. The minimum Gasteiger partial charge on any atom is -0.508 e. The summed E-state index contributed by atoms with van der Waals surface area (Å²) in [6.45, 7) is 9.19. The number of hydrogen-bond acceptors (Lipinski definition) is 1. The second-order valence-electron chi connectivity index (χ2n) is 6.50. The Balaban J connectivity index is 2.46. The van der Waals surface area contributed by atoms with E-state index in [2.05, 4.69) is 45.9 Å². The lowest BCUT2D eigenvalue weighted by atomic mass is 9.74. The highest BCUT2D eigenvalue weighted by Crippen LogP contribution is 2.39. The van der Waals surface area contributed by atoms with E-state index in [4.69, 9.17) is 0 Å². The molecule has 1 N–H and O–H groups in total. The summed E-state index contributed by atoms with van der Waals surface area (Å²) in [4.78, 5) is 0. The molecule has 1 nitrogen and oxygen atoms in total. The summed E-state index contributed by atoms with van der Waals surface area (Å²) in [6, 6.07) is 12.2. The van der Waals surface area contributed by atoms with Crippen molar-refractivity contribution in [2.24, 2.45) is 5.41 Å². The summed E-state index contributed by atoms with van der Waals surface area (Å²) >= 11 is 0. The van der Waals surface area contributed by atoms with Gasteiger partial charge in [0.05, 0.1) is 0 Å². The number of rotatable bonds is 3. The maximum absolute atomic E-state index is 9.52. The van der Waals surface area contributed by atoms with Crippen molar-refractivity contribution in [3.63, 3.8) is 0 Å². The van der Waals surface area contributed by atoms with Gasteiger partial charge in [-0.15, -0.1) is 0 Å². The van der Waals surface area contributed by atoms with Crippen LogP contribution in [0.3, 0.4) is 0 Å². The molecule has 0 aliphatic carbocycles. The lowest BCUT2D eigenvalue weighted by molar-refractivity contribution is 0.303. The number of fused-ring (bicyclic) bond motifs is 1. The van der Waals surface area contributed by atoms with Gasteiger partial charge in [-0.25, -0.2) is 0 Å². The Morgan fingerprint density at radius 2 is 1.63 bits per heavy atom. The molecule has 0 fully saturated rings. The quantitative estimate of drug-likeness (QED) is 0.771. The Morgan fingerprint density at radius 3 is 2.26 bits per heavy atom. The lowest BCUT2D eigenvalue weighted by Gasteiger charge is -2.31. The van der Waals surface area contributed by atoms with Crippen molar-refractivity contribution < 1.29 is 5.11 Å². The molecule has 1 unspecified atom stereocenters. The Hall–Kier alpha value is -1.50. The smallest absolute Gasteiger partial charge is 0.116 e. The van der Waals surface area contributed by atoms with Crippen molar-refractivity contribution in [3.05, 3.63) is 42.0 Å². The van der Waals surface area contributed by atoms with Crippen molar-refractivity contribution in [3.8, 4) is 5.75 Å². The van der Waals surface area contributed by atoms with Crippen LogP contribution in [0.15, 0.2) is 36.4 Å². The van der Waals surface area contributed by atoms with Gasteiger partial charge in [-0.3, -0.25) is 0 Å². The van der Waals surface area contributed by atoms with Crippen LogP contribution in [0, 0.1) is 5.41 Å². The first-order valence-corrected chi connectivity index (χ1v) is 7.14. The molecule has 0 bridgehead atoms. The van der Waals surface area contributed by atoms with E-state index in [-0.39, 0.29) is 5.41 Å². The average Bonchev–Trinajstić information content (AvgIpc) is 2.34. The van der Waals surface area contributed by atoms with Crippen LogP contribution in [-0.4, -0.2) is 5.11 Å². The second kappa shape index (κ2) is 5.24. The van der Waals surface area contributed by atoms with Crippen LogP contribution in [0.5, 0.6) is 5.75 Å². The number of benzene rings is 2. The molecule has 0 heterocycles. The van der Waals surface area contributed by atoms with Crippen LogP contribution in [0.1, 0.15) is 52.0 Å². The topological polar surface area (TPSA) is 20.2 Å². The monoisotopic (exact) mass is 256 g/mol. The van der Waals surface area contributed by atoms with Gasteiger partial charge < -0.3 is 5.11 Å². The molecule has 2 rings (SSSR count). The van der Waals surface area contributed by atoms with E-state index in [9.17, 15) is 5.11 Å². The van der Waals surface area contributed by atoms with Gasteiger partial charge in [0.1, 0.15) is 5.75 Å². The fourth-order valence-electron chi connectivity index (χ4n) is 2.86. The predicted molar refractivity (Wildman–Crippen MR) is 82.7 cm³/mol. The molecular formula is C18H24O. The Labute approximate surface area is 116 Å². The fourth-order valence-corrected chi connectivity index (χ4v) is 2.86. The van der Waals surface area contributed by atoms with Crippen LogP contribution in [0.25, 0.3) is 10.8 Å². The average molecular weight is 256 g/mol. The zero-order valence-corrected chi connectivity index (χ0v) is 12.4. The van der Waals surface area contributed by atoms with E-state index in [1.54, 1.807) is 6.07 Å². The fraction of sp³-hybridized carbons (Fsp3) is 0.444. The van der Waals surface area contributed by atoms with E-state index in [1.165, 1.54) is 23.8 Å². The minimum atomic E-state index is 0.278. The third-order valence-electron chi connectivity index (χ3n) is 3.87. The number of phenolic OH excluding ortho intramolecular Hbond substituents is 1. The van der Waals surface area contributed by atoms with E-state index < -0.39 is 0 Å². The molecule has 0 aliphatic heterocycles. The summed E-state index contributed by atoms with van der Waals surface area (Å²) in [6.07, 6.45) is 2.42. The first-order chi connectivity index (χ1) is 8.91. The molecule has 0 saturated heterocycles. The maximum atomic E-state index is 9.52. The first kappa shape index (κ1) is 13.9. The zero-order valence-electron chi connectivity index (χ0n) is 12.4. The molecule has 19 heavy (non-hydrogen) atoms. The summed E-state index contributed by atoms with van der Waals surface area (Å²) < 4.78 is 0. The van der Waals surface area contributed by atoms with Crippen molar-refractivity contribution in [1.29, 1.82) is 0 Å². The summed E-state index contributed by atoms with van der Waals surface area (Å²) in [5.74, 6) is 0.914. The molecule has 102 valence electrons. The third-order valence-corrected chi connectivity index (χ3v) is 3.87. The largest absolute Gasteiger partial charge is 0.508 e. The maximum Gasteiger partial charge on any atom is 0.116 e. The Kier molecular flexibility index (Phi) is 3.84. The minimum absolute atomic E-state index is 0.278. The van der Waals surface area contributed by atoms with Gasteiger partial charge in [-0.1, -0.05) is 58.4 Å². The molecule has 1 heteroatoms. The summed E-state index contributed by atoms with van der Waals surface area (Å²) in [7, 11) is 0. The van der Waals surface area contributed by atoms with Gasteiger partial charge in [-0.05, 0) is 46.2 Å². The zero-order chi connectivity index (χ0) is 14.0. The van der Waals surface area contributed by atoms with Crippen LogP contribution in [0.2, 0.25) is 0 Å². The van der Waals surface area contributed by atoms with Crippen LogP contribution in [-0.2, 0) is 0 Å². The predicted octanol–water partition coefficient (Wildman–Crippen LogP) is 5.48. The molecule has 0 amide bonds. The standard InChI is InChI=1S/C18H24O/c1-5-6-17(18(2,3)4)15-8-7-14-12-16(19)10-9-13(14)11-15/h7-12,17,19H,5-6H2,1-4H3. The molecule has 0 aromatic heterocycles. The molecule has 0 saturated carbocycles. The van der Waals surface area contributed by atoms with Crippen molar-refractivity contribution in [2.75, 3.05) is 0 Å². The van der Waals surface area contributed by atoms with Crippen LogP contribution < -0.4 is 0 Å². The molecule has 2 aromatic carbocycles. The van der Waals surface area contributed by atoms with Crippen molar-refractivity contribution in [1.82, 2.24) is 0 Å². The highest BCUT2D eigenvalue weighted by atomic mass is 16.3. The van der Waals surface area contributed by atoms with E-state index in [0.29, 0.717) is 11.7 Å². The van der Waals surface area contributed by atoms with E-state index in [1.807, 2.05) is 12.1 Å². The number of hydrogen-bond donors (Lipinski definition) is 1. The molecule has 0 aliphatic rings. The molecule has 0 spiro atoms. The molecule has 0 radical (unpaired) electrons. The lowest BCUT2D eigenvalue weighted by Crippen LogP contribution is -2.18. The Bertz CT molecular complexity index is 563. The third kappa shape index (κ3) is 3.09. The normalized spacial score (nSPS) is 13.7. The summed E-state index contributed by atoms with van der Waals surface area (Å²) in [5, 5.41) is 11.8. The highest BCUT2D eigenvalue weighted by Gasteiger charge is 2.25. The van der Waals surface area contributed by atoms with Crippen molar-refractivity contribution in [2.45, 2.75) is 46.5 Å². The van der Waals surface area contributed by atoms with Gasteiger partial charge in [0.15, 0.2) is 0 Å². The van der Waals surface area contributed by atoms with Gasteiger partial charge in [0, 0.05) is 0 Å². The van der Waals surface area contributed by atoms with Gasteiger partial charge in [0.25, 0.3) is 0 Å². The highest BCUT2D eigenvalue weighted by molar-refractivity contribution is 5.84. The van der Waals surface area contributed by atoms with Crippen molar-refractivity contribution >= 4 is 10.8 Å².